The highest BCUT2D eigenvalue weighted by Gasteiger charge is 2.29. The Morgan fingerprint density at radius 3 is 2.44 bits per heavy atom. The van der Waals surface area contributed by atoms with Gasteiger partial charge in [0.15, 0.2) is 23.3 Å². The maximum Gasteiger partial charge on any atom is 0.271 e. The molecule has 2 N–H and O–H groups in total. The van der Waals surface area contributed by atoms with Crippen LogP contribution in [0, 0.1) is 31.3 Å². The SMILES string of the molecule is Cc1ccc(S(=O)(=O)n2cc(-c3nc(C)c(F)c(N[C@H]4CCC[C@@H](NC(=O)c5cn(C)cn5)C4)n3)c3cc(F)cc(F)c32)cc1. The number of benzene rings is 2. The smallest absolute Gasteiger partial charge is 0.271 e. The molecule has 6 rings (SSSR count). The van der Waals surface area contributed by atoms with E-state index >= 15 is 8.78 Å². The molecule has 45 heavy (non-hydrogen) atoms. The molecule has 14 heteroatoms. The van der Waals surface area contributed by atoms with Crippen molar-refractivity contribution in [3.8, 4) is 11.4 Å². The summed E-state index contributed by atoms with van der Waals surface area (Å²) in [6.07, 6.45) is 6.94. The maximum atomic E-state index is 15.4. The summed E-state index contributed by atoms with van der Waals surface area (Å²) in [7, 11) is -2.55. The quantitative estimate of drug-likeness (QED) is 0.250. The highest BCUT2D eigenvalue weighted by molar-refractivity contribution is 7.90. The first kappa shape index (κ1) is 30.3. The average Bonchev–Trinajstić information content (AvgIpc) is 3.60. The molecule has 0 saturated heterocycles. The predicted molar refractivity (Wildman–Crippen MR) is 162 cm³/mol. The van der Waals surface area contributed by atoms with Crippen molar-refractivity contribution in [1.82, 2.24) is 28.8 Å². The van der Waals surface area contributed by atoms with Crippen molar-refractivity contribution in [2.75, 3.05) is 5.32 Å². The number of halogens is 3. The predicted octanol–water partition coefficient (Wildman–Crippen LogP) is 5.26. The lowest BCUT2D eigenvalue weighted by Gasteiger charge is -2.30. The maximum absolute atomic E-state index is 15.4. The van der Waals surface area contributed by atoms with E-state index < -0.39 is 27.5 Å². The Hall–Kier alpha value is -4.72. The molecule has 1 amide bonds. The van der Waals surface area contributed by atoms with Crippen molar-refractivity contribution in [3.05, 3.63) is 89.5 Å². The third-order valence-electron chi connectivity index (χ3n) is 7.91. The van der Waals surface area contributed by atoms with Crippen LogP contribution in [0.25, 0.3) is 22.3 Å². The number of carbonyl (C=O) groups excluding carboxylic acids is 1. The standard InChI is InChI=1S/C31H30F3N7O3S/c1-17-7-9-22(10-8-17)45(43,44)41-14-24(23-11-19(32)12-25(33)28(23)41)29-36-18(2)27(34)30(39-29)37-20-5-4-6-21(13-20)38-31(42)26-15-40(3)16-35-26/h7-12,14-16,20-21H,4-6,13H2,1-3H3,(H,38,42)(H,36,37,39)/t20-,21+/m0/s1. The summed E-state index contributed by atoms with van der Waals surface area (Å²) in [5.41, 5.74) is 0.708. The average molecular weight is 638 g/mol. The van der Waals surface area contributed by atoms with Crippen LogP contribution in [0.5, 0.6) is 0 Å². The summed E-state index contributed by atoms with van der Waals surface area (Å²) in [5, 5.41) is 6.01. The Morgan fingerprint density at radius 2 is 1.73 bits per heavy atom. The lowest BCUT2D eigenvalue weighted by molar-refractivity contribution is 0.0921. The van der Waals surface area contributed by atoms with Crippen molar-refractivity contribution >= 4 is 32.7 Å². The fraction of sp³-hybridized carbons (Fsp3) is 0.290. The van der Waals surface area contributed by atoms with Crippen LogP contribution in [-0.2, 0) is 17.1 Å². The Morgan fingerprint density at radius 1 is 1.00 bits per heavy atom. The number of imidazole rings is 1. The number of hydrogen-bond donors (Lipinski definition) is 2. The van der Waals surface area contributed by atoms with E-state index in [2.05, 4.69) is 25.6 Å². The molecular weight excluding hydrogens is 607 g/mol. The van der Waals surface area contributed by atoms with Crippen LogP contribution in [0.2, 0.25) is 0 Å². The first-order valence-corrected chi connectivity index (χ1v) is 15.8. The van der Waals surface area contributed by atoms with Gasteiger partial charge in [0.05, 0.1) is 16.9 Å². The van der Waals surface area contributed by atoms with Crippen molar-refractivity contribution in [1.29, 1.82) is 0 Å². The number of nitrogens with one attached hydrogen (secondary N) is 2. The van der Waals surface area contributed by atoms with Crippen LogP contribution in [0.3, 0.4) is 0 Å². The summed E-state index contributed by atoms with van der Waals surface area (Å²) < 4.78 is 74.8. The molecule has 10 nitrogen and oxygen atoms in total. The minimum absolute atomic E-state index is 0.00869. The van der Waals surface area contributed by atoms with Gasteiger partial charge in [-0.3, -0.25) is 4.79 Å². The molecule has 2 aromatic carbocycles. The molecule has 0 bridgehead atoms. The third-order valence-corrected chi connectivity index (χ3v) is 9.58. The van der Waals surface area contributed by atoms with E-state index in [4.69, 9.17) is 0 Å². The molecule has 0 spiro atoms. The lowest BCUT2D eigenvalue weighted by Crippen LogP contribution is -2.42. The van der Waals surface area contributed by atoms with Gasteiger partial charge in [0.25, 0.3) is 15.9 Å². The zero-order valence-corrected chi connectivity index (χ0v) is 25.5. The van der Waals surface area contributed by atoms with Crippen molar-refractivity contribution in [2.45, 2.75) is 56.5 Å². The second-order valence-electron chi connectivity index (χ2n) is 11.3. The first-order chi connectivity index (χ1) is 21.4. The number of aryl methyl sites for hydroxylation is 3. The number of anilines is 1. The second kappa shape index (κ2) is 11.7. The van der Waals surface area contributed by atoms with E-state index in [1.807, 2.05) is 0 Å². The molecule has 1 saturated carbocycles. The van der Waals surface area contributed by atoms with Crippen molar-refractivity contribution in [2.24, 2.45) is 7.05 Å². The fourth-order valence-electron chi connectivity index (χ4n) is 5.65. The van der Waals surface area contributed by atoms with Crippen LogP contribution >= 0.6 is 0 Å². The molecule has 0 unspecified atom stereocenters. The van der Waals surface area contributed by atoms with E-state index in [0.29, 0.717) is 24.6 Å². The van der Waals surface area contributed by atoms with E-state index in [0.717, 1.165) is 34.6 Å². The molecule has 1 aliphatic rings. The van der Waals surface area contributed by atoms with Gasteiger partial charge in [-0.15, -0.1) is 0 Å². The molecule has 234 valence electrons. The second-order valence-corrected chi connectivity index (χ2v) is 13.2. The highest BCUT2D eigenvalue weighted by atomic mass is 32.2. The normalized spacial score (nSPS) is 17.0. The van der Waals surface area contributed by atoms with Crippen LogP contribution < -0.4 is 10.6 Å². The molecule has 1 fully saturated rings. The molecule has 5 aromatic rings. The highest BCUT2D eigenvalue weighted by Crippen LogP contribution is 2.35. The minimum atomic E-state index is -4.32. The summed E-state index contributed by atoms with van der Waals surface area (Å²) in [5.74, 6) is -3.29. The van der Waals surface area contributed by atoms with Gasteiger partial charge in [0.2, 0.25) is 0 Å². The van der Waals surface area contributed by atoms with Crippen LogP contribution in [-0.4, -0.2) is 49.9 Å². The van der Waals surface area contributed by atoms with E-state index in [1.165, 1.54) is 25.4 Å². The molecule has 1 aliphatic carbocycles. The molecule has 2 atom stereocenters. The Balaban J connectivity index is 1.34. The summed E-state index contributed by atoms with van der Waals surface area (Å²) in [4.78, 5) is 25.2. The van der Waals surface area contributed by atoms with E-state index in [1.54, 1.807) is 36.9 Å². The number of rotatable bonds is 7. The first-order valence-electron chi connectivity index (χ1n) is 14.3. The molecule has 0 aliphatic heterocycles. The monoisotopic (exact) mass is 637 g/mol. The molecule has 3 heterocycles. The lowest BCUT2D eigenvalue weighted by atomic mass is 9.91. The molecular formula is C31H30F3N7O3S. The topological polar surface area (TPSA) is 124 Å². The molecule has 0 radical (unpaired) electrons. The molecule has 3 aromatic heterocycles. The number of amides is 1. The summed E-state index contributed by atoms with van der Waals surface area (Å²) in [6, 6.07) is 7.17. The zero-order chi connectivity index (χ0) is 32.0. The van der Waals surface area contributed by atoms with Crippen molar-refractivity contribution < 1.29 is 26.4 Å². The van der Waals surface area contributed by atoms with Gasteiger partial charge >= 0.3 is 0 Å². The van der Waals surface area contributed by atoms with Gasteiger partial charge in [-0.25, -0.2) is 40.5 Å². The Bertz CT molecular complexity index is 2040. The van der Waals surface area contributed by atoms with Gasteiger partial charge < -0.3 is 15.2 Å². The fourth-order valence-corrected chi connectivity index (χ4v) is 7.03. The van der Waals surface area contributed by atoms with Gasteiger partial charge in [0, 0.05) is 48.5 Å². The number of nitrogens with zero attached hydrogens (tertiary/aromatic N) is 5. The van der Waals surface area contributed by atoms with Gasteiger partial charge in [-0.2, -0.15) is 0 Å². The van der Waals surface area contributed by atoms with Crippen LogP contribution in [0.15, 0.2) is 60.0 Å². The van der Waals surface area contributed by atoms with Gasteiger partial charge in [-0.1, -0.05) is 17.7 Å². The number of carbonyl (C=O) groups is 1. The minimum Gasteiger partial charge on any atom is -0.365 e. The van der Waals surface area contributed by atoms with Crippen molar-refractivity contribution in [3.63, 3.8) is 0 Å². The van der Waals surface area contributed by atoms with Gasteiger partial charge in [0.1, 0.15) is 17.0 Å². The summed E-state index contributed by atoms with van der Waals surface area (Å²) >= 11 is 0. The largest absolute Gasteiger partial charge is 0.365 e. The zero-order valence-electron chi connectivity index (χ0n) is 24.7. The Kier molecular flexibility index (Phi) is 7.85. The van der Waals surface area contributed by atoms with Crippen LogP contribution in [0.1, 0.15) is 47.4 Å². The Labute approximate surface area is 257 Å². The number of aromatic nitrogens is 5. The van der Waals surface area contributed by atoms with E-state index in [9.17, 15) is 17.6 Å². The van der Waals surface area contributed by atoms with E-state index in [-0.39, 0.29) is 56.7 Å². The number of hydrogen-bond acceptors (Lipinski definition) is 7. The number of fused-ring (bicyclic) bond motifs is 1. The van der Waals surface area contributed by atoms with Crippen LogP contribution in [0.4, 0.5) is 19.0 Å². The van der Waals surface area contributed by atoms with Gasteiger partial charge in [-0.05, 0) is 57.7 Å². The summed E-state index contributed by atoms with van der Waals surface area (Å²) in [6.45, 7) is 3.22. The third kappa shape index (κ3) is 5.89.